The van der Waals surface area contributed by atoms with Crippen molar-refractivity contribution in [3.63, 3.8) is 0 Å². The minimum absolute atomic E-state index is 0.260. The van der Waals surface area contributed by atoms with Crippen molar-refractivity contribution in [1.29, 1.82) is 0 Å². The first-order chi connectivity index (χ1) is 9.43. The Morgan fingerprint density at radius 3 is 2.65 bits per heavy atom. The maximum atomic E-state index is 13.3. The summed E-state index contributed by atoms with van der Waals surface area (Å²) in [5.41, 5.74) is 0.525. The molecule has 0 aliphatic carbocycles. The van der Waals surface area contributed by atoms with Crippen LogP contribution in [-0.4, -0.2) is 24.8 Å². The second kappa shape index (κ2) is 5.36. The highest BCUT2D eigenvalue weighted by Gasteiger charge is 2.37. The predicted octanol–water partition coefficient (Wildman–Crippen LogP) is 1.98. The molecule has 2 rings (SSSR count). The van der Waals surface area contributed by atoms with Gasteiger partial charge in [-0.1, -0.05) is 6.07 Å². The Hall–Kier alpha value is -2.31. The van der Waals surface area contributed by atoms with Crippen LogP contribution in [0.2, 0.25) is 0 Å². The molecule has 20 heavy (non-hydrogen) atoms. The average Bonchev–Trinajstić information content (AvgIpc) is 2.40. The molecule has 0 radical (unpaired) electrons. The molecule has 0 spiro atoms. The first kappa shape index (κ1) is 14.1. The number of hydrogen-bond acceptors (Lipinski definition) is 3. The highest BCUT2D eigenvalue weighted by atomic mass is 19.2. The number of rotatable bonds is 2. The van der Waals surface area contributed by atoms with Gasteiger partial charge in [-0.2, -0.15) is 0 Å². The lowest BCUT2D eigenvalue weighted by atomic mass is 9.88. The number of esters is 1. The second-order valence-corrected chi connectivity index (χ2v) is 4.35. The van der Waals surface area contributed by atoms with Crippen molar-refractivity contribution in [3.8, 4) is 0 Å². The van der Waals surface area contributed by atoms with Crippen LogP contribution < -0.4 is 5.32 Å². The summed E-state index contributed by atoms with van der Waals surface area (Å²) in [6.07, 6.45) is 0. The average molecular weight is 282 g/mol. The number of hydrogen-bond donors (Lipinski definition) is 1. The molecule has 0 aromatic heterocycles. The summed E-state index contributed by atoms with van der Waals surface area (Å²) in [6, 6.07) is 1.69. The van der Waals surface area contributed by atoms with Gasteiger partial charge in [0.25, 0.3) is 0 Å². The largest absolute Gasteiger partial charge is 0.468 e. The molecular formula is C13H12F2N2O3. The molecule has 1 aliphatic heterocycles. The Bertz CT molecular complexity index is 601. The van der Waals surface area contributed by atoms with E-state index in [1.807, 2.05) is 0 Å². The van der Waals surface area contributed by atoms with Crippen LogP contribution in [0.3, 0.4) is 0 Å². The molecule has 7 heteroatoms. The van der Waals surface area contributed by atoms with Crippen LogP contribution in [0, 0.1) is 17.6 Å². The first-order valence-electron chi connectivity index (χ1n) is 5.82. The van der Waals surface area contributed by atoms with Gasteiger partial charge >= 0.3 is 12.0 Å². The van der Waals surface area contributed by atoms with Gasteiger partial charge in [0.05, 0.1) is 13.2 Å². The maximum absolute atomic E-state index is 13.3. The van der Waals surface area contributed by atoms with Gasteiger partial charge in [-0.15, -0.1) is 0 Å². The molecule has 1 aliphatic rings. The Kier molecular flexibility index (Phi) is 3.78. The Balaban J connectivity index is 2.45. The summed E-state index contributed by atoms with van der Waals surface area (Å²) < 4.78 is 30.9. The van der Waals surface area contributed by atoms with Crippen LogP contribution in [0.5, 0.6) is 0 Å². The number of carbonyl (C=O) groups excluding carboxylic acids is 2. The summed E-state index contributed by atoms with van der Waals surface area (Å²) in [4.78, 5) is 26.9. The lowest BCUT2D eigenvalue weighted by Gasteiger charge is -2.29. The monoisotopic (exact) mass is 282 g/mol. The van der Waals surface area contributed by atoms with Crippen LogP contribution in [0.1, 0.15) is 18.5 Å². The van der Waals surface area contributed by atoms with E-state index in [9.17, 15) is 18.4 Å². The van der Waals surface area contributed by atoms with Crippen molar-refractivity contribution in [2.75, 3.05) is 7.11 Å². The number of nitrogens with zero attached hydrogens (tertiary/aromatic N) is 1. The normalized spacial score (nSPS) is 22.0. The summed E-state index contributed by atoms with van der Waals surface area (Å²) in [5.74, 6) is -3.54. The SMILES string of the molecule is COC(=O)C1C(C)=NC(=O)NC1c1ccc(F)c(F)c1. The van der Waals surface area contributed by atoms with Crippen LogP contribution in [0.15, 0.2) is 23.2 Å². The minimum Gasteiger partial charge on any atom is -0.468 e. The van der Waals surface area contributed by atoms with E-state index >= 15 is 0 Å². The maximum Gasteiger partial charge on any atom is 0.341 e. The molecule has 0 saturated heterocycles. The predicted molar refractivity (Wildman–Crippen MR) is 66.2 cm³/mol. The fourth-order valence-electron chi connectivity index (χ4n) is 2.13. The molecule has 106 valence electrons. The number of halogens is 2. The molecule has 1 heterocycles. The highest BCUT2D eigenvalue weighted by Crippen LogP contribution is 2.28. The second-order valence-electron chi connectivity index (χ2n) is 4.35. The van der Waals surface area contributed by atoms with E-state index in [0.29, 0.717) is 0 Å². The fraction of sp³-hybridized carbons (Fsp3) is 0.308. The lowest BCUT2D eigenvalue weighted by molar-refractivity contribution is -0.143. The Morgan fingerprint density at radius 2 is 2.05 bits per heavy atom. The molecule has 2 atom stereocenters. The standard InChI is InChI=1S/C13H12F2N2O3/c1-6-10(12(18)20-2)11(17-13(19)16-6)7-3-4-8(14)9(15)5-7/h3-5,10-11H,1-2H3,(H,17,19). The molecular weight excluding hydrogens is 270 g/mol. The van der Waals surface area contributed by atoms with Gasteiger partial charge in [0, 0.05) is 5.71 Å². The summed E-state index contributed by atoms with van der Waals surface area (Å²) in [6.45, 7) is 1.51. The zero-order valence-electron chi connectivity index (χ0n) is 10.8. The number of nitrogens with one attached hydrogen (secondary N) is 1. The molecule has 0 saturated carbocycles. The number of benzene rings is 1. The topological polar surface area (TPSA) is 67.8 Å². The van der Waals surface area contributed by atoms with Gasteiger partial charge in [0.1, 0.15) is 5.92 Å². The number of ether oxygens (including phenoxy) is 1. The number of amides is 2. The lowest BCUT2D eigenvalue weighted by Crippen LogP contribution is -2.44. The summed E-state index contributed by atoms with van der Waals surface area (Å²) >= 11 is 0. The van der Waals surface area contributed by atoms with Crippen molar-refractivity contribution in [3.05, 3.63) is 35.4 Å². The molecule has 0 fully saturated rings. The Labute approximate surface area is 113 Å². The molecule has 1 aromatic rings. The van der Waals surface area contributed by atoms with Crippen LogP contribution >= 0.6 is 0 Å². The van der Waals surface area contributed by atoms with Gasteiger partial charge in [-0.3, -0.25) is 4.79 Å². The van der Waals surface area contributed by atoms with E-state index < -0.39 is 35.6 Å². The highest BCUT2D eigenvalue weighted by molar-refractivity contribution is 6.08. The van der Waals surface area contributed by atoms with Gasteiger partial charge in [-0.05, 0) is 24.6 Å². The Morgan fingerprint density at radius 1 is 1.35 bits per heavy atom. The molecule has 0 bridgehead atoms. The number of carbonyl (C=O) groups is 2. The van der Waals surface area contributed by atoms with Crippen LogP contribution in [0.25, 0.3) is 0 Å². The molecule has 1 aromatic carbocycles. The summed E-state index contributed by atoms with van der Waals surface area (Å²) in [7, 11) is 1.20. The van der Waals surface area contributed by atoms with Crippen molar-refractivity contribution >= 4 is 17.7 Å². The van der Waals surface area contributed by atoms with Crippen molar-refractivity contribution < 1.29 is 23.1 Å². The van der Waals surface area contributed by atoms with Crippen molar-refractivity contribution in [2.24, 2.45) is 10.9 Å². The van der Waals surface area contributed by atoms with Gasteiger partial charge in [-0.25, -0.2) is 18.6 Å². The third-order valence-electron chi connectivity index (χ3n) is 3.10. The van der Waals surface area contributed by atoms with Crippen molar-refractivity contribution in [1.82, 2.24) is 5.32 Å². The van der Waals surface area contributed by atoms with E-state index in [0.717, 1.165) is 12.1 Å². The van der Waals surface area contributed by atoms with E-state index in [1.54, 1.807) is 0 Å². The minimum atomic E-state index is -1.06. The summed E-state index contributed by atoms with van der Waals surface area (Å²) in [5, 5.41) is 2.46. The first-order valence-corrected chi connectivity index (χ1v) is 5.82. The molecule has 5 nitrogen and oxygen atoms in total. The van der Waals surface area contributed by atoms with E-state index in [-0.39, 0.29) is 11.3 Å². The third kappa shape index (κ3) is 2.52. The zero-order valence-corrected chi connectivity index (χ0v) is 10.8. The van der Waals surface area contributed by atoms with Gasteiger partial charge < -0.3 is 10.1 Å². The number of methoxy groups -OCH3 is 1. The molecule has 2 amide bonds. The van der Waals surface area contributed by atoms with Gasteiger partial charge in [0.15, 0.2) is 11.6 Å². The van der Waals surface area contributed by atoms with Gasteiger partial charge in [0.2, 0.25) is 0 Å². The smallest absolute Gasteiger partial charge is 0.341 e. The van der Waals surface area contributed by atoms with Crippen LogP contribution in [-0.2, 0) is 9.53 Å². The quantitative estimate of drug-likeness (QED) is 0.843. The molecule has 2 unspecified atom stereocenters. The number of urea groups is 1. The zero-order chi connectivity index (χ0) is 14.9. The third-order valence-corrected chi connectivity index (χ3v) is 3.10. The number of aliphatic imine (C=N–C) groups is 1. The van der Waals surface area contributed by atoms with Crippen molar-refractivity contribution in [2.45, 2.75) is 13.0 Å². The van der Waals surface area contributed by atoms with E-state index in [1.165, 1.54) is 20.1 Å². The molecule has 1 N–H and O–H groups in total. The van der Waals surface area contributed by atoms with E-state index in [4.69, 9.17) is 0 Å². The van der Waals surface area contributed by atoms with Crippen LogP contribution in [0.4, 0.5) is 13.6 Å². The van der Waals surface area contributed by atoms with E-state index in [2.05, 4.69) is 15.0 Å². The fourth-order valence-corrected chi connectivity index (χ4v) is 2.13.